The van der Waals surface area contributed by atoms with Gasteiger partial charge in [-0.3, -0.25) is 4.79 Å². The Balaban J connectivity index is 2.01. The Bertz CT molecular complexity index is 576. The summed E-state index contributed by atoms with van der Waals surface area (Å²) in [7, 11) is 1.65. The van der Waals surface area contributed by atoms with E-state index in [1.807, 2.05) is 31.2 Å². The molecule has 0 amide bonds. The van der Waals surface area contributed by atoms with Crippen molar-refractivity contribution in [3.8, 4) is 5.75 Å². The molecule has 1 aromatic carbocycles. The minimum absolute atomic E-state index is 0.0625. The van der Waals surface area contributed by atoms with E-state index in [9.17, 15) is 4.79 Å². The molecule has 5 heteroatoms. The van der Waals surface area contributed by atoms with Crippen molar-refractivity contribution in [2.24, 2.45) is 0 Å². The van der Waals surface area contributed by atoms with Crippen LogP contribution in [0.15, 0.2) is 24.3 Å². The molecule has 0 saturated carbocycles. The van der Waals surface area contributed by atoms with Crippen LogP contribution in [0.4, 0.5) is 5.13 Å². The number of hydrogen-bond acceptors (Lipinski definition) is 5. The molecule has 0 unspecified atom stereocenters. The third kappa shape index (κ3) is 3.32. The second kappa shape index (κ2) is 5.84. The van der Waals surface area contributed by atoms with Gasteiger partial charge in [-0.15, -0.1) is 0 Å². The molecule has 100 valence electrons. The number of rotatable bonds is 5. The Hall–Kier alpha value is -1.88. The number of Topliss-reactive ketones (excluding diaryl/α,β-unsaturated/α-hetero) is 1. The van der Waals surface area contributed by atoms with Crippen LogP contribution in [0.1, 0.15) is 27.9 Å². The van der Waals surface area contributed by atoms with Crippen molar-refractivity contribution < 1.29 is 9.53 Å². The average Bonchev–Trinajstić information content (AvgIpc) is 2.78. The summed E-state index contributed by atoms with van der Waals surface area (Å²) in [6.45, 7) is 4.09. The number of hydrogen-bond donors (Lipinski definition) is 1. The van der Waals surface area contributed by atoms with E-state index in [-0.39, 0.29) is 5.78 Å². The van der Waals surface area contributed by atoms with Gasteiger partial charge in [-0.2, -0.15) is 0 Å². The molecule has 0 aliphatic carbocycles. The van der Waals surface area contributed by atoms with Gasteiger partial charge in [0.2, 0.25) is 0 Å². The number of methoxy groups -OCH3 is 1. The monoisotopic (exact) mass is 276 g/mol. The van der Waals surface area contributed by atoms with Crippen LogP contribution >= 0.6 is 11.3 Å². The molecule has 19 heavy (non-hydrogen) atoms. The molecule has 0 aliphatic rings. The van der Waals surface area contributed by atoms with Crippen molar-refractivity contribution >= 4 is 22.3 Å². The van der Waals surface area contributed by atoms with Gasteiger partial charge < -0.3 is 10.1 Å². The van der Waals surface area contributed by atoms with Gasteiger partial charge in [-0.1, -0.05) is 23.5 Å². The van der Waals surface area contributed by atoms with E-state index >= 15 is 0 Å². The Morgan fingerprint density at radius 3 is 2.58 bits per heavy atom. The number of nitrogens with zero attached hydrogens (tertiary/aromatic N) is 1. The summed E-state index contributed by atoms with van der Waals surface area (Å²) in [6.07, 6.45) is 0. The maximum absolute atomic E-state index is 11.4. The van der Waals surface area contributed by atoms with Gasteiger partial charge in [0.15, 0.2) is 10.9 Å². The third-order valence-corrected chi connectivity index (χ3v) is 3.94. The average molecular weight is 276 g/mol. The molecular weight excluding hydrogens is 260 g/mol. The number of thiazole rings is 1. The highest BCUT2D eigenvalue weighted by Crippen LogP contribution is 2.23. The second-order valence-corrected chi connectivity index (χ2v) is 5.19. The lowest BCUT2D eigenvalue weighted by molar-refractivity contribution is 0.102. The summed E-state index contributed by atoms with van der Waals surface area (Å²) in [5.74, 6) is 0.903. The normalized spacial score (nSPS) is 10.3. The highest BCUT2D eigenvalue weighted by molar-refractivity contribution is 7.17. The van der Waals surface area contributed by atoms with Crippen LogP contribution < -0.4 is 10.1 Å². The summed E-state index contributed by atoms with van der Waals surface area (Å²) in [5.41, 5.74) is 1.92. The molecule has 0 saturated heterocycles. The van der Waals surface area contributed by atoms with Gasteiger partial charge >= 0.3 is 0 Å². The SMILES string of the molecule is COc1ccc(CNc2nc(C)c(C(C)=O)s2)cc1. The standard InChI is InChI=1S/C14H16N2O2S/c1-9-13(10(2)17)19-14(16-9)15-8-11-4-6-12(18-3)7-5-11/h4-7H,8H2,1-3H3,(H,15,16). The maximum Gasteiger partial charge on any atom is 0.183 e. The van der Waals surface area contributed by atoms with Crippen LogP contribution in [0.5, 0.6) is 5.75 Å². The third-order valence-electron chi connectivity index (χ3n) is 2.72. The minimum Gasteiger partial charge on any atom is -0.497 e. The van der Waals surface area contributed by atoms with Crippen LogP contribution in [0.3, 0.4) is 0 Å². The van der Waals surface area contributed by atoms with Gasteiger partial charge in [0.25, 0.3) is 0 Å². The van der Waals surface area contributed by atoms with Crippen LogP contribution in [0, 0.1) is 6.92 Å². The van der Waals surface area contributed by atoms with Crippen LogP contribution in [-0.4, -0.2) is 17.9 Å². The van der Waals surface area contributed by atoms with Crippen LogP contribution in [0.25, 0.3) is 0 Å². The number of benzene rings is 1. The van der Waals surface area contributed by atoms with Gasteiger partial charge in [-0.05, 0) is 24.6 Å². The van der Waals surface area contributed by atoms with E-state index < -0.39 is 0 Å². The van der Waals surface area contributed by atoms with Crippen LogP contribution in [-0.2, 0) is 6.54 Å². The molecule has 0 bridgehead atoms. The first-order valence-electron chi connectivity index (χ1n) is 5.95. The van der Waals surface area contributed by atoms with Crippen molar-refractivity contribution in [3.63, 3.8) is 0 Å². The largest absolute Gasteiger partial charge is 0.497 e. The summed E-state index contributed by atoms with van der Waals surface area (Å²) in [6, 6.07) is 7.84. The lowest BCUT2D eigenvalue weighted by atomic mass is 10.2. The number of carbonyl (C=O) groups excluding carboxylic acids is 1. The van der Waals surface area contributed by atoms with Crippen LogP contribution in [0.2, 0.25) is 0 Å². The molecule has 1 aromatic heterocycles. The molecule has 2 rings (SSSR count). The Kier molecular flexibility index (Phi) is 4.16. The summed E-state index contributed by atoms with van der Waals surface area (Å²) in [5, 5.41) is 4.01. The highest BCUT2D eigenvalue weighted by Gasteiger charge is 2.10. The Labute approximate surface area is 116 Å². The van der Waals surface area contributed by atoms with Crippen molar-refractivity contribution in [2.75, 3.05) is 12.4 Å². The number of ketones is 1. The number of anilines is 1. The van der Waals surface area contributed by atoms with E-state index in [1.54, 1.807) is 14.0 Å². The number of aryl methyl sites for hydroxylation is 1. The van der Waals surface area contributed by atoms with Crippen molar-refractivity contribution in [1.82, 2.24) is 4.98 Å². The fourth-order valence-corrected chi connectivity index (χ4v) is 2.58. The topological polar surface area (TPSA) is 51.2 Å². The van der Waals surface area contributed by atoms with E-state index in [4.69, 9.17) is 4.74 Å². The predicted octanol–water partition coefficient (Wildman–Crippen LogP) is 3.27. The lowest BCUT2D eigenvalue weighted by Crippen LogP contribution is -1.98. The first kappa shape index (κ1) is 13.5. The lowest BCUT2D eigenvalue weighted by Gasteiger charge is -2.04. The van der Waals surface area contributed by atoms with Crippen molar-refractivity contribution in [2.45, 2.75) is 20.4 Å². The number of carbonyl (C=O) groups is 1. The van der Waals surface area contributed by atoms with Gasteiger partial charge in [0.05, 0.1) is 17.7 Å². The molecule has 1 heterocycles. The fraction of sp³-hybridized carbons (Fsp3) is 0.286. The van der Waals surface area contributed by atoms with Gasteiger partial charge in [-0.25, -0.2) is 4.98 Å². The molecule has 2 aromatic rings. The van der Waals surface area contributed by atoms with Gasteiger partial charge in [0.1, 0.15) is 5.75 Å². The van der Waals surface area contributed by atoms with Crippen molar-refractivity contribution in [3.05, 3.63) is 40.4 Å². The molecule has 0 radical (unpaired) electrons. The number of ether oxygens (including phenoxy) is 1. The zero-order valence-electron chi connectivity index (χ0n) is 11.2. The smallest absolute Gasteiger partial charge is 0.183 e. The predicted molar refractivity (Wildman–Crippen MR) is 77.2 cm³/mol. The van der Waals surface area contributed by atoms with E-state index in [0.29, 0.717) is 6.54 Å². The summed E-state index contributed by atoms with van der Waals surface area (Å²) >= 11 is 1.40. The van der Waals surface area contributed by atoms with E-state index in [2.05, 4.69) is 10.3 Å². The van der Waals surface area contributed by atoms with E-state index in [1.165, 1.54) is 11.3 Å². The number of nitrogens with one attached hydrogen (secondary N) is 1. The zero-order valence-corrected chi connectivity index (χ0v) is 12.0. The highest BCUT2D eigenvalue weighted by atomic mass is 32.1. The second-order valence-electron chi connectivity index (χ2n) is 4.19. The summed E-state index contributed by atoms with van der Waals surface area (Å²) < 4.78 is 5.11. The molecular formula is C14H16N2O2S. The van der Waals surface area contributed by atoms with E-state index in [0.717, 1.165) is 27.0 Å². The maximum atomic E-state index is 11.4. The molecule has 4 nitrogen and oxygen atoms in total. The molecule has 0 aliphatic heterocycles. The Morgan fingerprint density at radius 2 is 2.05 bits per heavy atom. The van der Waals surface area contributed by atoms with Crippen molar-refractivity contribution in [1.29, 1.82) is 0 Å². The first-order chi connectivity index (χ1) is 9.10. The Morgan fingerprint density at radius 1 is 1.37 bits per heavy atom. The minimum atomic E-state index is 0.0625. The first-order valence-corrected chi connectivity index (χ1v) is 6.77. The zero-order chi connectivity index (χ0) is 13.8. The number of aromatic nitrogens is 1. The molecule has 0 atom stereocenters. The molecule has 0 spiro atoms. The molecule has 0 fully saturated rings. The fourth-order valence-electron chi connectivity index (χ4n) is 1.72. The van der Waals surface area contributed by atoms with Gasteiger partial charge in [0, 0.05) is 13.5 Å². The summed E-state index contributed by atoms with van der Waals surface area (Å²) in [4.78, 5) is 16.4. The quantitative estimate of drug-likeness (QED) is 0.851. The molecule has 1 N–H and O–H groups in total.